The van der Waals surface area contributed by atoms with Crippen LogP contribution in [0.2, 0.25) is 0 Å². The number of carbonyl (C=O) groups excluding carboxylic acids is 1. The van der Waals surface area contributed by atoms with Gasteiger partial charge in [-0.2, -0.15) is 0 Å². The van der Waals surface area contributed by atoms with E-state index in [1.54, 1.807) is 29.8 Å². The molecule has 110 valence electrons. The van der Waals surface area contributed by atoms with E-state index in [1.807, 2.05) is 27.0 Å². The third kappa shape index (κ3) is 3.72. The molecule has 0 atom stereocenters. The van der Waals surface area contributed by atoms with Gasteiger partial charge in [0.05, 0.1) is 18.8 Å². The number of pyridine rings is 1. The highest BCUT2D eigenvalue weighted by molar-refractivity contribution is 5.67. The lowest BCUT2D eigenvalue weighted by Crippen LogP contribution is -2.33. The van der Waals surface area contributed by atoms with Crippen molar-refractivity contribution >= 4 is 17.4 Å². The maximum atomic E-state index is 11.9. The summed E-state index contributed by atoms with van der Waals surface area (Å²) in [6, 6.07) is 3.50. The van der Waals surface area contributed by atoms with Crippen LogP contribution in [0, 0.1) is 6.57 Å². The molecule has 2 heterocycles. The minimum absolute atomic E-state index is 0.351. The van der Waals surface area contributed by atoms with Crippen LogP contribution in [0.25, 0.3) is 10.5 Å². The van der Waals surface area contributed by atoms with E-state index in [1.165, 1.54) is 4.90 Å². The zero-order chi connectivity index (χ0) is 15.6. The summed E-state index contributed by atoms with van der Waals surface area (Å²) in [5, 5.41) is 0. The van der Waals surface area contributed by atoms with Crippen LogP contribution < -0.4 is 0 Å². The summed E-state index contributed by atoms with van der Waals surface area (Å²) in [6.07, 6.45) is 3.14. The smallest absolute Gasteiger partial charge is 0.410 e. The average molecular weight is 286 g/mol. The van der Waals surface area contributed by atoms with Crippen molar-refractivity contribution in [2.45, 2.75) is 32.9 Å². The summed E-state index contributed by atoms with van der Waals surface area (Å²) in [6.45, 7) is 12.8. The molecule has 0 saturated heterocycles. The van der Waals surface area contributed by atoms with Crippen molar-refractivity contribution in [2.75, 3.05) is 7.05 Å². The van der Waals surface area contributed by atoms with Crippen molar-refractivity contribution in [1.82, 2.24) is 14.3 Å². The summed E-state index contributed by atoms with van der Waals surface area (Å²) in [4.78, 5) is 21.2. The number of ether oxygens (including phenoxy) is 1. The van der Waals surface area contributed by atoms with Crippen LogP contribution in [0.3, 0.4) is 0 Å². The second-order valence-electron chi connectivity index (χ2n) is 5.83. The largest absolute Gasteiger partial charge is 0.444 e. The zero-order valence-electron chi connectivity index (χ0n) is 12.6. The second kappa shape index (κ2) is 5.44. The van der Waals surface area contributed by atoms with Crippen molar-refractivity contribution in [3.8, 4) is 0 Å². The Morgan fingerprint density at radius 1 is 1.43 bits per heavy atom. The molecule has 2 aromatic rings. The molecular weight excluding hydrogens is 268 g/mol. The lowest BCUT2D eigenvalue weighted by molar-refractivity contribution is 0.0283. The summed E-state index contributed by atoms with van der Waals surface area (Å²) < 4.78 is 7.08. The quantitative estimate of drug-likeness (QED) is 0.796. The molecule has 0 spiro atoms. The van der Waals surface area contributed by atoms with E-state index < -0.39 is 5.60 Å². The van der Waals surface area contributed by atoms with Crippen molar-refractivity contribution in [3.63, 3.8) is 0 Å². The van der Waals surface area contributed by atoms with Crippen LogP contribution in [-0.4, -0.2) is 33.0 Å². The van der Waals surface area contributed by atoms with E-state index >= 15 is 0 Å². The Balaban J connectivity index is 2.13. The molecule has 0 fully saturated rings. The molecule has 0 aliphatic rings. The highest BCUT2D eigenvalue weighted by atomic mass is 16.6. The maximum Gasteiger partial charge on any atom is 0.410 e. The molecule has 6 nitrogen and oxygen atoms in total. The highest BCUT2D eigenvalue weighted by Gasteiger charge is 2.20. The van der Waals surface area contributed by atoms with Crippen molar-refractivity contribution in [3.05, 3.63) is 41.6 Å². The van der Waals surface area contributed by atoms with Crippen LogP contribution in [0.4, 0.5) is 10.5 Å². The van der Waals surface area contributed by atoms with Gasteiger partial charge in [-0.3, -0.25) is 0 Å². The number of amides is 1. The first-order chi connectivity index (χ1) is 9.78. The van der Waals surface area contributed by atoms with Gasteiger partial charge in [-0.05, 0) is 26.8 Å². The van der Waals surface area contributed by atoms with E-state index in [0.717, 1.165) is 11.3 Å². The van der Waals surface area contributed by atoms with Gasteiger partial charge in [0.15, 0.2) is 0 Å². The van der Waals surface area contributed by atoms with Gasteiger partial charge in [-0.25, -0.2) is 14.6 Å². The first-order valence-corrected chi connectivity index (χ1v) is 6.58. The Bertz CT molecular complexity index is 707. The van der Waals surface area contributed by atoms with Crippen LogP contribution in [-0.2, 0) is 11.3 Å². The number of aromatic nitrogens is 2. The van der Waals surface area contributed by atoms with Gasteiger partial charge in [0.1, 0.15) is 11.2 Å². The average Bonchev–Trinajstić information content (AvgIpc) is 2.77. The van der Waals surface area contributed by atoms with Crippen LogP contribution >= 0.6 is 0 Å². The van der Waals surface area contributed by atoms with E-state index in [2.05, 4.69) is 9.83 Å². The number of hydrogen-bond acceptors (Lipinski definition) is 3. The Morgan fingerprint density at radius 3 is 2.76 bits per heavy atom. The normalized spacial score (nSPS) is 11.2. The molecule has 0 aromatic carbocycles. The summed E-state index contributed by atoms with van der Waals surface area (Å²) in [7, 11) is 1.67. The monoisotopic (exact) mass is 286 g/mol. The Labute approximate surface area is 123 Å². The molecular formula is C15H18N4O2. The van der Waals surface area contributed by atoms with Crippen molar-refractivity contribution < 1.29 is 9.53 Å². The first kappa shape index (κ1) is 14.9. The zero-order valence-corrected chi connectivity index (χ0v) is 12.6. The number of hydrogen-bond donors (Lipinski definition) is 0. The number of imidazole rings is 1. The van der Waals surface area contributed by atoms with Gasteiger partial charge in [0.2, 0.25) is 5.69 Å². The summed E-state index contributed by atoms with van der Waals surface area (Å²) in [5.74, 6) is 0. The summed E-state index contributed by atoms with van der Waals surface area (Å²) in [5.41, 5.74) is 1.52. The lowest BCUT2D eigenvalue weighted by atomic mass is 10.2. The summed E-state index contributed by atoms with van der Waals surface area (Å²) >= 11 is 0. The van der Waals surface area contributed by atoms with Crippen molar-refractivity contribution in [1.29, 1.82) is 0 Å². The molecule has 6 heteroatoms. The SMILES string of the molecule is [C-]#[N+]c1ccc2nc(CN(C)C(=O)OC(C)(C)C)cn2c1. The Morgan fingerprint density at radius 2 is 2.14 bits per heavy atom. The standard InChI is InChI=1S/C15H18N4O2/c1-15(2,3)21-14(20)18(5)8-12-10-19-9-11(16-4)6-7-13(19)17-12/h6-7,9-10H,8H2,1-3,5H3. The molecule has 0 saturated carbocycles. The molecule has 0 bridgehead atoms. The van der Waals surface area contributed by atoms with Gasteiger partial charge in [-0.1, -0.05) is 6.07 Å². The van der Waals surface area contributed by atoms with Gasteiger partial charge >= 0.3 is 6.09 Å². The molecule has 0 radical (unpaired) electrons. The van der Waals surface area contributed by atoms with Crippen molar-refractivity contribution in [2.24, 2.45) is 0 Å². The third-order valence-corrected chi connectivity index (χ3v) is 2.72. The Hall–Kier alpha value is -2.55. The number of carbonyl (C=O) groups is 1. The van der Waals surface area contributed by atoms with Gasteiger partial charge in [0, 0.05) is 19.4 Å². The van der Waals surface area contributed by atoms with Crippen LogP contribution in [0.1, 0.15) is 26.5 Å². The minimum Gasteiger partial charge on any atom is -0.444 e. The fourth-order valence-electron chi connectivity index (χ4n) is 1.82. The highest BCUT2D eigenvalue weighted by Crippen LogP contribution is 2.15. The maximum absolute atomic E-state index is 11.9. The topological polar surface area (TPSA) is 51.2 Å². The van der Waals surface area contributed by atoms with Crippen LogP contribution in [0.5, 0.6) is 0 Å². The van der Waals surface area contributed by atoms with Gasteiger partial charge in [-0.15, -0.1) is 0 Å². The molecule has 0 aliphatic carbocycles. The first-order valence-electron chi connectivity index (χ1n) is 6.58. The van der Waals surface area contributed by atoms with E-state index in [0.29, 0.717) is 12.2 Å². The number of fused-ring (bicyclic) bond motifs is 1. The third-order valence-electron chi connectivity index (χ3n) is 2.72. The molecule has 0 N–H and O–H groups in total. The molecule has 0 aliphatic heterocycles. The van der Waals surface area contributed by atoms with Gasteiger partial charge < -0.3 is 14.0 Å². The molecule has 1 amide bonds. The molecule has 2 aromatic heterocycles. The predicted octanol–water partition coefficient (Wildman–Crippen LogP) is 3.25. The number of rotatable bonds is 2. The fourth-order valence-corrected chi connectivity index (χ4v) is 1.82. The van der Waals surface area contributed by atoms with Gasteiger partial charge in [0.25, 0.3) is 0 Å². The molecule has 21 heavy (non-hydrogen) atoms. The van der Waals surface area contributed by atoms with E-state index in [4.69, 9.17) is 11.3 Å². The molecule has 2 rings (SSSR count). The lowest BCUT2D eigenvalue weighted by Gasteiger charge is -2.24. The number of nitrogens with zero attached hydrogens (tertiary/aromatic N) is 4. The molecule has 0 unspecified atom stereocenters. The fraction of sp³-hybridized carbons (Fsp3) is 0.400. The minimum atomic E-state index is -0.519. The van der Waals surface area contributed by atoms with E-state index in [-0.39, 0.29) is 6.09 Å². The van der Waals surface area contributed by atoms with E-state index in [9.17, 15) is 4.79 Å². The van der Waals surface area contributed by atoms with Crippen LogP contribution in [0.15, 0.2) is 24.5 Å². The second-order valence-corrected chi connectivity index (χ2v) is 5.83. The predicted molar refractivity (Wildman–Crippen MR) is 79.2 cm³/mol. The Kier molecular flexibility index (Phi) is 3.85.